The van der Waals surface area contributed by atoms with Gasteiger partial charge in [0.05, 0.1) is 0 Å². The van der Waals surface area contributed by atoms with Gasteiger partial charge in [0.1, 0.15) is 0 Å². The van der Waals surface area contributed by atoms with Crippen LogP contribution in [-0.4, -0.2) is 36.3 Å². The third-order valence-corrected chi connectivity index (χ3v) is 8.83. The monoisotopic (exact) mass is 326 g/mol. The molecular weight excluding hydrogens is 307 g/mol. The first-order chi connectivity index (χ1) is 7.39. The normalized spacial score (nSPS) is 16.2. The predicted molar refractivity (Wildman–Crippen MR) is 68.9 cm³/mol. The summed E-state index contributed by atoms with van der Waals surface area (Å²) in [5.74, 6) is 1.03. The summed E-state index contributed by atoms with van der Waals surface area (Å²) in [7, 11) is 1.81. The summed E-state index contributed by atoms with van der Waals surface area (Å²) in [5, 5.41) is 0. The summed E-state index contributed by atoms with van der Waals surface area (Å²) in [6, 6.07) is 2.28. The van der Waals surface area contributed by atoms with Gasteiger partial charge in [-0.15, -0.1) is 0 Å². The Bertz CT molecular complexity index is 437. The first-order valence-corrected chi connectivity index (χ1v) is 15.6. The molecule has 3 nitrogen and oxygen atoms in total. The summed E-state index contributed by atoms with van der Waals surface area (Å²) in [6.45, 7) is 0. The second kappa shape index (κ2) is 4.02. The molecular formula is C12H18N2OSn. The van der Waals surface area contributed by atoms with Crippen molar-refractivity contribution in [2.24, 2.45) is 0 Å². The zero-order chi connectivity index (χ0) is 11.9. The number of nitrogens with zero attached hydrogens (tertiary/aromatic N) is 2. The number of fused-ring (bicyclic) bond motifs is 1. The molecule has 0 fully saturated rings. The van der Waals surface area contributed by atoms with E-state index in [4.69, 9.17) is 0 Å². The quantitative estimate of drug-likeness (QED) is 0.734. The summed E-state index contributed by atoms with van der Waals surface area (Å²) in [5.41, 5.74) is 1.24. The molecule has 16 heavy (non-hydrogen) atoms. The predicted octanol–water partition coefficient (Wildman–Crippen LogP) is 1.54. The van der Waals surface area contributed by atoms with Gasteiger partial charge in [0, 0.05) is 0 Å². The van der Waals surface area contributed by atoms with Gasteiger partial charge in [-0.25, -0.2) is 0 Å². The molecule has 0 saturated carbocycles. The molecule has 0 bridgehead atoms. The minimum absolute atomic E-state index is 0.173. The van der Waals surface area contributed by atoms with Crippen LogP contribution >= 0.6 is 0 Å². The molecule has 0 saturated heterocycles. The molecule has 1 aliphatic heterocycles. The van der Waals surface area contributed by atoms with E-state index < -0.39 is 18.4 Å². The minimum atomic E-state index is -2.02. The van der Waals surface area contributed by atoms with Crippen LogP contribution in [0.1, 0.15) is 12.0 Å². The Hall–Kier alpha value is -0.581. The number of anilines is 1. The van der Waals surface area contributed by atoms with E-state index in [2.05, 4.69) is 25.9 Å². The number of rotatable bonds is 1. The molecule has 2 heterocycles. The van der Waals surface area contributed by atoms with Crippen molar-refractivity contribution in [3.63, 3.8) is 0 Å². The Morgan fingerprint density at radius 3 is 2.62 bits per heavy atom. The SMILES string of the molecule is CN1C(=O)CCc2c[c]([Sn]([CH3])([CH3])[CH3])cnc21. The van der Waals surface area contributed by atoms with Crippen LogP contribution in [-0.2, 0) is 11.2 Å². The molecule has 1 amide bonds. The van der Waals surface area contributed by atoms with Crippen molar-refractivity contribution in [1.82, 2.24) is 4.98 Å². The van der Waals surface area contributed by atoms with E-state index in [-0.39, 0.29) is 5.91 Å². The number of hydrogen-bond acceptors (Lipinski definition) is 2. The first-order valence-electron chi connectivity index (χ1n) is 5.65. The van der Waals surface area contributed by atoms with Crippen LogP contribution in [0, 0.1) is 0 Å². The maximum atomic E-state index is 11.5. The number of aromatic nitrogens is 1. The summed E-state index contributed by atoms with van der Waals surface area (Å²) in [4.78, 5) is 24.8. The Morgan fingerprint density at radius 1 is 1.31 bits per heavy atom. The fourth-order valence-electron chi connectivity index (χ4n) is 1.93. The van der Waals surface area contributed by atoms with Crippen molar-refractivity contribution < 1.29 is 4.79 Å². The van der Waals surface area contributed by atoms with Crippen LogP contribution in [0.2, 0.25) is 14.8 Å². The average Bonchev–Trinajstić information content (AvgIpc) is 2.22. The van der Waals surface area contributed by atoms with E-state index in [0.29, 0.717) is 6.42 Å². The van der Waals surface area contributed by atoms with Crippen molar-refractivity contribution in [3.8, 4) is 0 Å². The molecule has 0 aromatic carbocycles. The Morgan fingerprint density at radius 2 is 2.00 bits per heavy atom. The molecule has 0 unspecified atom stereocenters. The van der Waals surface area contributed by atoms with Gasteiger partial charge in [-0.3, -0.25) is 0 Å². The van der Waals surface area contributed by atoms with Gasteiger partial charge in [-0.05, 0) is 0 Å². The molecule has 0 N–H and O–H groups in total. The topological polar surface area (TPSA) is 33.2 Å². The Kier molecular flexibility index (Phi) is 2.99. The number of hydrogen-bond donors (Lipinski definition) is 0. The first kappa shape index (κ1) is 11.9. The van der Waals surface area contributed by atoms with E-state index in [0.717, 1.165) is 12.2 Å². The molecule has 0 radical (unpaired) electrons. The van der Waals surface area contributed by atoms with Gasteiger partial charge >= 0.3 is 101 Å². The number of aryl methyl sites for hydroxylation is 1. The fourth-order valence-corrected chi connectivity index (χ4v) is 4.95. The third kappa shape index (κ3) is 2.10. The molecule has 2 rings (SSSR count). The van der Waals surface area contributed by atoms with Gasteiger partial charge in [0.25, 0.3) is 0 Å². The average molecular weight is 325 g/mol. The molecule has 1 aromatic heterocycles. The van der Waals surface area contributed by atoms with E-state index in [1.54, 1.807) is 4.90 Å². The van der Waals surface area contributed by atoms with Crippen LogP contribution in [0.4, 0.5) is 5.82 Å². The summed E-state index contributed by atoms with van der Waals surface area (Å²) < 4.78 is 1.44. The third-order valence-electron chi connectivity index (χ3n) is 3.11. The number of pyridine rings is 1. The van der Waals surface area contributed by atoms with E-state index in [1.165, 1.54) is 9.14 Å². The summed E-state index contributed by atoms with van der Waals surface area (Å²) in [6.07, 6.45) is 3.44. The van der Waals surface area contributed by atoms with Gasteiger partial charge in [-0.1, -0.05) is 0 Å². The fraction of sp³-hybridized carbons (Fsp3) is 0.500. The summed E-state index contributed by atoms with van der Waals surface area (Å²) >= 11 is -2.02. The second-order valence-corrected chi connectivity index (χ2v) is 19.9. The maximum absolute atomic E-state index is 11.5. The Labute approximate surface area is 101 Å². The van der Waals surface area contributed by atoms with Gasteiger partial charge < -0.3 is 0 Å². The van der Waals surface area contributed by atoms with E-state index >= 15 is 0 Å². The van der Waals surface area contributed by atoms with Gasteiger partial charge in [0.2, 0.25) is 0 Å². The Balaban J connectivity index is 2.45. The van der Waals surface area contributed by atoms with Crippen molar-refractivity contribution in [1.29, 1.82) is 0 Å². The van der Waals surface area contributed by atoms with Crippen LogP contribution in [0.25, 0.3) is 0 Å². The zero-order valence-electron chi connectivity index (χ0n) is 10.4. The molecule has 0 spiro atoms. The van der Waals surface area contributed by atoms with Crippen molar-refractivity contribution in [3.05, 3.63) is 17.8 Å². The molecule has 86 valence electrons. The van der Waals surface area contributed by atoms with Crippen LogP contribution in [0.3, 0.4) is 0 Å². The number of amides is 1. The van der Waals surface area contributed by atoms with Crippen LogP contribution in [0.5, 0.6) is 0 Å². The van der Waals surface area contributed by atoms with Crippen molar-refractivity contribution >= 4 is 33.7 Å². The number of carbonyl (C=O) groups is 1. The van der Waals surface area contributed by atoms with Crippen molar-refractivity contribution in [2.75, 3.05) is 11.9 Å². The van der Waals surface area contributed by atoms with Crippen LogP contribution < -0.4 is 8.48 Å². The van der Waals surface area contributed by atoms with Crippen LogP contribution in [0.15, 0.2) is 12.3 Å². The molecule has 0 aliphatic carbocycles. The molecule has 1 aromatic rings. The van der Waals surface area contributed by atoms with Crippen molar-refractivity contribution in [2.45, 2.75) is 27.7 Å². The second-order valence-electron chi connectivity index (χ2n) is 5.41. The molecule has 0 atom stereocenters. The van der Waals surface area contributed by atoms with E-state index in [9.17, 15) is 4.79 Å². The zero-order valence-corrected chi connectivity index (χ0v) is 13.2. The van der Waals surface area contributed by atoms with Gasteiger partial charge in [0.15, 0.2) is 0 Å². The number of carbonyl (C=O) groups excluding carboxylic acids is 1. The van der Waals surface area contributed by atoms with E-state index in [1.807, 2.05) is 13.2 Å². The van der Waals surface area contributed by atoms with Gasteiger partial charge in [-0.2, -0.15) is 0 Å². The standard InChI is InChI=1S/C9H9N2O.3CH3.Sn/c1-11-8(12)5-4-7-3-2-6-10-9(7)11;;;;/h3,6H,4-5H2,1H3;3*1H3;. The molecule has 4 heteroatoms. The molecule has 1 aliphatic rings.